The third-order valence-electron chi connectivity index (χ3n) is 5.21. The summed E-state index contributed by atoms with van der Waals surface area (Å²) in [5.41, 5.74) is 0.985. The van der Waals surface area contributed by atoms with Gasteiger partial charge in [-0.15, -0.1) is 0 Å². The molecule has 2 heterocycles. The molecule has 144 valence electrons. The summed E-state index contributed by atoms with van der Waals surface area (Å²) in [7, 11) is 0. The highest BCUT2D eigenvalue weighted by molar-refractivity contribution is 5.99. The first-order valence-electron chi connectivity index (χ1n) is 9.57. The van der Waals surface area contributed by atoms with Gasteiger partial charge < -0.3 is 10.2 Å². The Hall–Kier alpha value is -2.70. The molecule has 1 aliphatic heterocycles. The normalized spacial score (nSPS) is 18.3. The highest BCUT2D eigenvalue weighted by Crippen LogP contribution is 2.34. The van der Waals surface area contributed by atoms with E-state index >= 15 is 0 Å². The van der Waals surface area contributed by atoms with Gasteiger partial charge >= 0.3 is 0 Å². The number of nitrogens with zero attached hydrogens (tertiary/aromatic N) is 3. The molecule has 1 amide bonds. The monoisotopic (exact) mass is 370 g/mol. The van der Waals surface area contributed by atoms with Gasteiger partial charge in [-0.1, -0.05) is 13.3 Å². The first-order valence-corrected chi connectivity index (χ1v) is 9.57. The fourth-order valence-corrected chi connectivity index (χ4v) is 3.87. The smallest absolute Gasteiger partial charge is 0.278 e. The maximum absolute atomic E-state index is 12.6. The number of carbonyl (C=O) groups excluding carboxylic acids is 1. The van der Waals surface area contributed by atoms with Gasteiger partial charge in [0.2, 0.25) is 5.91 Å². The zero-order chi connectivity index (χ0) is 19.4. The van der Waals surface area contributed by atoms with Crippen molar-refractivity contribution in [1.29, 1.82) is 0 Å². The molecule has 1 aromatic carbocycles. The summed E-state index contributed by atoms with van der Waals surface area (Å²) >= 11 is 0. The predicted octanol–water partition coefficient (Wildman–Crippen LogP) is 3.66. The first-order chi connectivity index (χ1) is 13.0. The Morgan fingerprint density at radius 2 is 2.22 bits per heavy atom. The van der Waals surface area contributed by atoms with Gasteiger partial charge in [0, 0.05) is 48.7 Å². The number of anilines is 1. The number of aromatic nitrogens is 1. The molecule has 0 saturated carbocycles. The molecule has 1 aromatic heterocycles. The van der Waals surface area contributed by atoms with Crippen LogP contribution >= 0.6 is 0 Å². The van der Waals surface area contributed by atoms with Crippen LogP contribution in [0.25, 0.3) is 10.8 Å². The van der Waals surface area contributed by atoms with E-state index in [0.717, 1.165) is 43.3 Å². The summed E-state index contributed by atoms with van der Waals surface area (Å²) in [6.45, 7) is 5.61. The van der Waals surface area contributed by atoms with E-state index in [2.05, 4.69) is 22.1 Å². The SMILES string of the molecule is CCC[C@H](C)NC(=O)[C@@H]1CCCN(c2ccc([N+](=O)[O-])c3cnccc23)C1. The molecule has 1 saturated heterocycles. The molecule has 1 fully saturated rings. The van der Waals surface area contributed by atoms with Gasteiger partial charge in [0.05, 0.1) is 16.2 Å². The molecular formula is C20H26N4O3. The zero-order valence-corrected chi connectivity index (χ0v) is 15.9. The Morgan fingerprint density at radius 3 is 2.96 bits per heavy atom. The van der Waals surface area contributed by atoms with Crippen molar-refractivity contribution in [3.63, 3.8) is 0 Å². The lowest BCUT2D eigenvalue weighted by Crippen LogP contribution is -2.45. The second-order valence-electron chi connectivity index (χ2n) is 7.27. The Morgan fingerprint density at radius 1 is 1.41 bits per heavy atom. The number of benzene rings is 1. The minimum Gasteiger partial charge on any atom is -0.370 e. The largest absolute Gasteiger partial charge is 0.370 e. The number of fused-ring (bicyclic) bond motifs is 1. The molecule has 0 spiro atoms. The van der Waals surface area contributed by atoms with Crippen molar-refractivity contribution in [3.8, 4) is 0 Å². The fourth-order valence-electron chi connectivity index (χ4n) is 3.87. The second kappa shape index (κ2) is 8.33. The van der Waals surface area contributed by atoms with Gasteiger partial charge in [0.25, 0.3) is 5.69 Å². The topological polar surface area (TPSA) is 88.4 Å². The summed E-state index contributed by atoms with van der Waals surface area (Å²) in [6.07, 6.45) is 6.99. The summed E-state index contributed by atoms with van der Waals surface area (Å²) in [4.78, 5) is 29.8. The highest BCUT2D eigenvalue weighted by atomic mass is 16.6. The van der Waals surface area contributed by atoms with E-state index in [1.54, 1.807) is 12.3 Å². The lowest BCUT2D eigenvalue weighted by molar-refractivity contribution is -0.383. The van der Waals surface area contributed by atoms with E-state index in [-0.39, 0.29) is 28.5 Å². The van der Waals surface area contributed by atoms with Crippen molar-refractivity contribution in [2.45, 2.75) is 45.6 Å². The van der Waals surface area contributed by atoms with E-state index in [1.165, 1.54) is 12.3 Å². The number of non-ortho nitro benzene ring substituents is 1. The minimum absolute atomic E-state index is 0.0570. The summed E-state index contributed by atoms with van der Waals surface area (Å²) in [6, 6.07) is 5.32. The zero-order valence-electron chi connectivity index (χ0n) is 15.9. The summed E-state index contributed by atoms with van der Waals surface area (Å²) in [5.74, 6) is 0.0404. The lowest BCUT2D eigenvalue weighted by atomic mass is 9.95. The quantitative estimate of drug-likeness (QED) is 0.619. The number of piperidine rings is 1. The van der Waals surface area contributed by atoms with Gasteiger partial charge in [-0.25, -0.2) is 0 Å². The molecule has 0 radical (unpaired) electrons. The lowest BCUT2D eigenvalue weighted by Gasteiger charge is -2.34. The van der Waals surface area contributed by atoms with E-state index in [1.807, 2.05) is 13.0 Å². The minimum atomic E-state index is -0.380. The van der Waals surface area contributed by atoms with E-state index < -0.39 is 0 Å². The molecule has 0 bridgehead atoms. The van der Waals surface area contributed by atoms with Gasteiger partial charge in [-0.2, -0.15) is 0 Å². The van der Waals surface area contributed by atoms with Crippen molar-refractivity contribution in [2.75, 3.05) is 18.0 Å². The van der Waals surface area contributed by atoms with E-state index in [4.69, 9.17) is 0 Å². The maximum atomic E-state index is 12.6. The van der Waals surface area contributed by atoms with Crippen LogP contribution < -0.4 is 10.2 Å². The molecule has 27 heavy (non-hydrogen) atoms. The maximum Gasteiger partial charge on any atom is 0.278 e. The third-order valence-corrected chi connectivity index (χ3v) is 5.21. The summed E-state index contributed by atoms with van der Waals surface area (Å²) in [5, 5.41) is 15.8. The van der Waals surface area contributed by atoms with Gasteiger partial charge in [0.1, 0.15) is 0 Å². The summed E-state index contributed by atoms with van der Waals surface area (Å²) < 4.78 is 0. The molecule has 1 N–H and O–H groups in total. The number of hydrogen-bond acceptors (Lipinski definition) is 5. The van der Waals surface area contributed by atoms with Crippen molar-refractivity contribution in [1.82, 2.24) is 10.3 Å². The van der Waals surface area contributed by atoms with Crippen LogP contribution in [0.1, 0.15) is 39.5 Å². The van der Waals surface area contributed by atoms with Crippen LogP contribution in [0.5, 0.6) is 0 Å². The number of amides is 1. The average molecular weight is 370 g/mol. The van der Waals surface area contributed by atoms with Crippen molar-refractivity contribution in [2.24, 2.45) is 5.92 Å². The predicted molar refractivity (Wildman–Crippen MR) is 106 cm³/mol. The molecule has 2 aromatic rings. The molecule has 1 aliphatic rings. The molecule has 2 atom stereocenters. The van der Waals surface area contributed by atoms with E-state index in [9.17, 15) is 14.9 Å². The van der Waals surface area contributed by atoms with Crippen molar-refractivity contribution in [3.05, 3.63) is 40.7 Å². The number of carbonyl (C=O) groups is 1. The number of rotatable bonds is 6. The van der Waals surface area contributed by atoms with Gasteiger partial charge in [-0.05, 0) is 38.3 Å². The third kappa shape index (κ3) is 4.18. The van der Waals surface area contributed by atoms with Crippen molar-refractivity contribution >= 4 is 28.1 Å². The second-order valence-corrected chi connectivity index (χ2v) is 7.27. The average Bonchev–Trinajstić information content (AvgIpc) is 2.67. The number of nitro groups is 1. The van der Waals surface area contributed by atoms with E-state index in [0.29, 0.717) is 11.9 Å². The molecule has 0 aliphatic carbocycles. The van der Waals surface area contributed by atoms with Crippen LogP contribution in [0.15, 0.2) is 30.6 Å². The Labute approximate surface area is 158 Å². The van der Waals surface area contributed by atoms with Crippen LogP contribution in [0.2, 0.25) is 0 Å². The Bertz CT molecular complexity index is 839. The number of hydrogen-bond donors (Lipinski definition) is 1. The number of nitro benzene ring substituents is 1. The van der Waals surface area contributed by atoms with Crippen LogP contribution in [0.4, 0.5) is 11.4 Å². The molecular weight excluding hydrogens is 344 g/mol. The molecule has 3 rings (SSSR count). The van der Waals surface area contributed by atoms with Crippen molar-refractivity contribution < 1.29 is 9.72 Å². The molecule has 7 heteroatoms. The number of nitrogens with one attached hydrogen (secondary N) is 1. The Balaban J connectivity index is 1.83. The van der Waals surface area contributed by atoms with Crippen LogP contribution in [-0.2, 0) is 4.79 Å². The number of pyridine rings is 1. The van der Waals surface area contributed by atoms with Gasteiger partial charge in [0.15, 0.2) is 0 Å². The standard InChI is InChI=1S/C20H26N4O3/c1-3-5-14(2)22-20(25)15-6-4-11-23(13-15)18-7-8-19(24(26)27)17-12-21-10-9-16(17)18/h7-10,12,14-15H,3-6,11,13H2,1-2H3,(H,22,25)/t14-,15+/m0/s1. The van der Waals surface area contributed by atoms with Crippen LogP contribution in [0, 0.1) is 16.0 Å². The Kier molecular flexibility index (Phi) is 5.88. The van der Waals surface area contributed by atoms with Gasteiger partial charge in [-0.3, -0.25) is 19.9 Å². The molecule has 0 unspecified atom stereocenters. The highest BCUT2D eigenvalue weighted by Gasteiger charge is 2.28. The van der Waals surface area contributed by atoms with Crippen LogP contribution in [0.3, 0.4) is 0 Å². The molecule has 7 nitrogen and oxygen atoms in total. The fraction of sp³-hybridized carbons (Fsp3) is 0.500. The first kappa shape index (κ1) is 19.1. The van der Waals surface area contributed by atoms with Crippen LogP contribution in [-0.4, -0.2) is 34.9 Å².